The lowest BCUT2D eigenvalue weighted by atomic mass is 9.97. The maximum atomic E-state index is 6.40. The second kappa shape index (κ2) is 8.55. The third-order valence-electron chi connectivity index (χ3n) is 7.14. The first-order chi connectivity index (χ1) is 17.8. The van der Waals surface area contributed by atoms with E-state index in [-0.39, 0.29) is 0 Å². The molecule has 0 saturated heterocycles. The molecule has 1 heteroatoms. The molecule has 0 aliphatic rings. The Hall–Kier alpha value is -4.62. The third kappa shape index (κ3) is 3.57. The van der Waals surface area contributed by atoms with Gasteiger partial charge in [-0.05, 0) is 50.2 Å². The van der Waals surface area contributed by atoms with Crippen LogP contribution in [-0.2, 0) is 6.42 Å². The second-order valence-corrected chi connectivity index (χ2v) is 9.37. The van der Waals surface area contributed by atoms with Crippen LogP contribution in [0.25, 0.3) is 55.0 Å². The highest BCUT2D eigenvalue weighted by atomic mass is 16.3. The molecule has 1 heterocycles. The molecule has 0 N–H and O–H groups in total. The summed E-state index contributed by atoms with van der Waals surface area (Å²) in [6.07, 6.45) is 0.836. The molecule has 0 bridgehead atoms. The van der Waals surface area contributed by atoms with Crippen molar-refractivity contribution in [1.29, 1.82) is 0 Å². The molecule has 1 nitrogen and oxygen atoms in total. The fourth-order valence-corrected chi connectivity index (χ4v) is 5.29. The van der Waals surface area contributed by atoms with Gasteiger partial charge >= 0.3 is 0 Å². The number of rotatable bonds is 4. The first kappa shape index (κ1) is 20.7. The highest BCUT2D eigenvalue weighted by molar-refractivity contribution is 6.19. The van der Waals surface area contributed by atoms with Crippen LogP contribution in [0.2, 0.25) is 0 Å². The van der Waals surface area contributed by atoms with Crippen molar-refractivity contribution in [3.8, 4) is 22.3 Å². The van der Waals surface area contributed by atoms with Gasteiger partial charge in [0.2, 0.25) is 0 Å². The highest BCUT2D eigenvalue weighted by Crippen LogP contribution is 2.36. The average molecular weight is 461 g/mol. The molecule has 170 valence electrons. The fraction of sp³-hybridized carbons (Fsp3) is 0.0286. The first-order valence-electron chi connectivity index (χ1n) is 12.4. The standard InChI is InChI=1S/C35H24O/c1-2-7-25(8-3-1)27-17-19-28(20-18-27)26-15-13-24(14-16-26)23-30-10-6-12-32-34-31-11-5-4-9-29(31)21-22-33(34)36-35(30)32/h1-22H,23H2. The number of hydrogen-bond donors (Lipinski definition) is 0. The van der Waals surface area contributed by atoms with Gasteiger partial charge in [-0.1, -0.05) is 127 Å². The van der Waals surface area contributed by atoms with Crippen molar-refractivity contribution in [2.45, 2.75) is 6.42 Å². The Labute approximate surface area is 210 Å². The van der Waals surface area contributed by atoms with E-state index in [0.717, 1.165) is 17.6 Å². The summed E-state index contributed by atoms with van der Waals surface area (Å²) in [6, 6.07) is 47.5. The number of furan rings is 1. The van der Waals surface area contributed by atoms with Crippen molar-refractivity contribution in [2.24, 2.45) is 0 Å². The van der Waals surface area contributed by atoms with Gasteiger partial charge in [0, 0.05) is 17.2 Å². The predicted molar refractivity (Wildman–Crippen MR) is 151 cm³/mol. The summed E-state index contributed by atoms with van der Waals surface area (Å²) in [7, 11) is 0. The summed E-state index contributed by atoms with van der Waals surface area (Å²) in [5.74, 6) is 0. The van der Waals surface area contributed by atoms with Gasteiger partial charge in [0.15, 0.2) is 0 Å². The van der Waals surface area contributed by atoms with Gasteiger partial charge in [-0.2, -0.15) is 0 Å². The molecule has 36 heavy (non-hydrogen) atoms. The van der Waals surface area contributed by atoms with E-state index in [4.69, 9.17) is 4.42 Å². The van der Waals surface area contributed by atoms with E-state index in [1.54, 1.807) is 0 Å². The lowest BCUT2D eigenvalue weighted by Crippen LogP contribution is -1.89. The van der Waals surface area contributed by atoms with Gasteiger partial charge in [-0.15, -0.1) is 0 Å². The first-order valence-corrected chi connectivity index (χ1v) is 12.4. The van der Waals surface area contributed by atoms with Crippen molar-refractivity contribution in [1.82, 2.24) is 0 Å². The smallest absolute Gasteiger partial charge is 0.138 e. The zero-order valence-corrected chi connectivity index (χ0v) is 19.8. The largest absolute Gasteiger partial charge is 0.456 e. The van der Waals surface area contributed by atoms with E-state index >= 15 is 0 Å². The van der Waals surface area contributed by atoms with Crippen LogP contribution in [0.4, 0.5) is 0 Å². The molecule has 0 radical (unpaired) electrons. The van der Waals surface area contributed by atoms with Crippen LogP contribution >= 0.6 is 0 Å². The van der Waals surface area contributed by atoms with Crippen molar-refractivity contribution in [2.75, 3.05) is 0 Å². The van der Waals surface area contributed by atoms with Crippen molar-refractivity contribution < 1.29 is 4.42 Å². The maximum absolute atomic E-state index is 6.40. The van der Waals surface area contributed by atoms with E-state index in [9.17, 15) is 0 Å². The lowest BCUT2D eigenvalue weighted by molar-refractivity contribution is 0.664. The maximum Gasteiger partial charge on any atom is 0.138 e. The minimum absolute atomic E-state index is 0.836. The van der Waals surface area contributed by atoms with E-state index in [1.165, 1.54) is 54.9 Å². The van der Waals surface area contributed by atoms with E-state index in [2.05, 4.69) is 133 Å². The normalized spacial score (nSPS) is 11.4. The summed E-state index contributed by atoms with van der Waals surface area (Å²) >= 11 is 0. The number of benzene rings is 6. The van der Waals surface area contributed by atoms with Crippen LogP contribution in [0.15, 0.2) is 138 Å². The molecule has 7 aromatic rings. The van der Waals surface area contributed by atoms with Crippen LogP contribution in [0, 0.1) is 0 Å². The van der Waals surface area contributed by atoms with Crippen molar-refractivity contribution >= 4 is 32.7 Å². The molecular weight excluding hydrogens is 436 g/mol. The summed E-state index contributed by atoms with van der Waals surface area (Å²) in [4.78, 5) is 0. The summed E-state index contributed by atoms with van der Waals surface area (Å²) in [5.41, 5.74) is 9.37. The molecule has 7 rings (SSSR count). The minimum atomic E-state index is 0.836. The van der Waals surface area contributed by atoms with Crippen LogP contribution in [0.1, 0.15) is 11.1 Å². The molecular formula is C35H24O. The molecule has 0 unspecified atom stereocenters. The van der Waals surface area contributed by atoms with Gasteiger partial charge in [0.25, 0.3) is 0 Å². The Balaban J connectivity index is 1.20. The minimum Gasteiger partial charge on any atom is -0.456 e. The van der Waals surface area contributed by atoms with Crippen LogP contribution < -0.4 is 0 Å². The molecule has 0 spiro atoms. The molecule has 0 aliphatic heterocycles. The summed E-state index contributed by atoms with van der Waals surface area (Å²) in [6.45, 7) is 0. The molecule has 0 fully saturated rings. The molecule has 0 amide bonds. The molecule has 0 saturated carbocycles. The molecule has 1 aromatic heterocycles. The fourth-order valence-electron chi connectivity index (χ4n) is 5.29. The van der Waals surface area contributed by atoms with Crippen LogP contribution in [-0.4, -0.2) is 0 Å². The Bertz CT molecular complexity index is 1820. The van der Waals surface area contributed by atoms with Gasteiger partial charge < -0.3 is 4.42 Å². The Kier molecular flexibility index (Phi) is 4.92. The topological polar surface area (TPSA) is 13.1 Å². The number of fused-ring (bicyclic) bond motifs is 5. The lowest BCUT2D eigenvalue weighted by Gasteiger charge is -2.07. The Morgan fingerprint density at radius 3 is 1.81 bits per heavy atom. The Morgan fingerprint density at radius 1 is 0.444 bits per heavy atom. The van der Waals surface area contributed by atoms with E-state index in [0.29, 0.717) is 0 Å². The molecule has 0 aliphatic carbocycles. The van der Waals surface area contributed by atoms with Crippen LogP contribution in [0.5, 0.6) is 0 Å². The summed E-state index contributed by atoms with van der Waals surface area (Å²) < 4.78 is 6.40. The second-order valence-electron chi connectivity index (χ2n) is 9.37. The quantitative estimate of drug-likeness (QED) is 0.255. The van der Waals surface area contributed by atoms with Crippen LogP contribution in [0.3, 0.4) is 0 Å². The monoisotopic (exact) mass is 460 g/mol. The van der Waals surface area contributed by atoms with Crippen molar-refractivity contribution in [3.63, 3.8) is 0 Å². The predicted octanol–water partition coefficient (Wildman–Crippen LogP) is 9.66. The number of para-hydroxylation sites is 1. The number of hydrogen-bond acceptors (Lipinski definition) is 1. The summed E-state index contributed by atoms with van der Waals surface area (Å²) in [5, 5.41) is 4.88. The van der Waals surface area contributed by atoms with E-state index < -0.39 is 0 Å². The Morgan fingerprint density at radius 2 is 1.06 bits per heavy atom. The SMILES string of the molecule is c1ccc(-c2ccc(-c3ccc(Cc4cccc5c4oc4ccc6ccccc6c45)cc3)cc2)cc1. The van der Waals surface area contributed by atoms with Gasteiger partial charge in [-0.25, -0.2) is 0 Å². The third-order valence-corrected chi connectivity index (χ3v) is 7.14. The average Bonchev–Trinajstić information content (AvgIpc) is 3.34. The van der Waals surface area contributed by atoms with Gasteiger partial charge in [0.05, 0.1) is 0 Å². The zero-order chi connectivity index (χ0) is 23.9. The van der Waals surface area contributed by atoms with Gasteiger partial charge in [0.1, 0.15) is 11.2 Å². The van der Waals surface area contributed by atoms with Crippen molar-refractivity contribution in [3.05, 3.63) is 145 Å². The molecule has 0 atom stereocenters. The highest BCUT2D eigenvalue weighted by Gasteiger charge is 2.13. The van der Waals surface area contributed by atoms with Gasteiger partial charge in [-0.3, -0.25) is 0 Å². The van der Waals surface area contributed by atoms with E-state index in [1.807, 2.05) is 0 Å². The molecule has 6 aromatic carbocycles. The zero-order valence-electron chi connectivity index (χ0n) is 19.8.